The van der Waals surface area contributed by atoms with E-state index in [0.29, 0.717) is 12.3 Å². The molecule has 0 atom stereocenters. The number of esters is 2. The molecule has 7 nitrogen and oxygen atoms in total. The molecule has 0 heterocycles. The van der Waals surface area contributed by atoms with Gasteiger partial charge in [-0.05, 0) is 61.6 Å². The molecule has 0 fully saturated rings. The maximum absolute atomic E-state index is 12.0. The van der Waals surface area contributed by atoms with Gasteiger partial charge in [0.25, 0.3) is 0 Å². The number of methoxy groups -OCH3 is 2. The highest BCUT2D eigenvalue weighted by atomic mass is 32.1. The third kappa shape index (κ3) is 5.42. The van der Waals surface area contributed by atoms with Crippen molar-refractivity contribution in [1.29, 1.82) is 0 Å². The number of carbonyl (C=O) groups excluding carboxylic acids is 2. The van der Waals surface area contributed by atoms with Gasteiger partial charge in [0.2, 0.25) is 0 Å². The first-order valence-corrected chi connectivity index (χ1v) is 8.50. The second-order valence-electron chi connectivity index (χ2n) is 5.28. The SMILES string of the molecule is CCOc1ccc(NC(=S)Nc2cc(C(=O)OC)ccc2C(=O)OC)cc1. The first-order valence-electron chi connectivity index (χ1n) is 8.10. The molecule has 0 amide bonds. The fraction of sp³-hybridized carbons (Fsp3) is 0.211. The van der Waals surface area contributed by atoms with Crippen LogP contribution in [-0.4, -0.2) is 37.9 Å². The number of anilines is 2. The van der Waals surface area contributed by atoms with Crippen LogP contribution in [-0.2, 0) is 9.47 Å². The summed E-state index contributed by atoms with van der Waals surface area (Å²) in [6.45, 7) is 2.49. The minimum Gasteiger partial charge on any atom is -0.494 e. The van der Waals surface area contributed by atoms with Crippen molar-refractivity contribution >= 4 is 40.6 Å². The Morgan fingerprint density at radius 2 is 1.63 bits per heavy atom. The van der Waals surface area contributed by atoms with Gasteiger partial charge < -0.3 is 24.8 Å². The fourth-order valence-corrected chi connectivity index (χ4v) is 2.49. The molecular formula is C19H20N2O5S. The molecule has 2 rings (SSSR count). The van der Waals surface area contributed by atoms with Crippen molar-refractivity contribution in [2.45, 2.75) is 6.92 Å². The van der Waals surface area contributed by atoms with Crippen LogP contribution in [0.4, 0.5) is 11.4 Å². The molecule has 0 aliphatic rings. The van der Waals surface area contributed by atoms with Crippen molar-refractivity contribution in [3.05, 3.63) is 53.6 Å². The summed E-state index contributed by atoms with van der Waals surface area (Å²) in [7, 11) is 2.55. The molecular weight excluding hydrogens is 368 g/mol. The lowest BCUT2D eigenvalue weighted by Crippen LogP contribution is -2.21. The molecule has 0 saturated carbocycles. The van der Waals surface area contributed by atoms with Crippen LogP contribution in [0.3, 0.4) is 0 Å². The average Bonchev–Trinajstić information content (AvgIpc) is 2.68. The van der Waals surface area contributed by atoms with E-state index >= 15 is 0 Å². The summed E-state index contributed by atoms with van der Waals surface area (Å²) in [6.07, 6.45) is 0. The molecule has 2 aromatic rings. The lowest BCUT2D eigenvalue weighted by atomic mass is 10.1. The Bertz CT molecular complexity index is 836. The fourth-order valence-electron chi connectivity index (χ4n) is 2.27. The summed E-state index contributed by atoms with van der Waals surface area (Å²) in [5, 5.41) is 6.16. The number of benzene rings is 2. The first-order chi connectivity index (χ1) is 13.0. The average molecular weight is 388 g/mol. The Morgan fingerprint density at radius 3 is 2.22 bits per heavy atom. The monoisotopic (exact) mass is 388 g/mol. The third-order valence-electron chi connectivity index (χ3n) is 3.52. The van der Waals surface area contributed by atoms with Crippen molar-refractivity contribution in [2.75, 3.05) is 31.5 Å². The minimum atomic E-state index is -0.558. The van der Waals surface area contributed by atoms with Gasteiger partial charge in [0.1, 0.15) is 5.75 Å². The van der Waals surface area contributed by atoms with Crippen LogP contribution in [0.5, 0.6) is 5.75 Å². The Balaban J connectivity index is 2.19. The topological polar surface area (TPSA) is 85.9 Å². The van der Waals surface area contributed by atoms with Crippen LogP contribution >= 0.6 is 12.2 Å². The summed E-state index contributed by atoms with van der Waals surface area (Å²) in [5.41, 5.74) is 1.57. The molecule has 0 aromatic heterocycles. The molecule has 142 valence electrons. The summed E-state index contributed by atoms with van der Waals surface area (Å²) >= 11 is 5.30. The summed E-state index contributed by atoms with van der Waals surface area (Å²) in [4.78, 5) is 23.7. The molecule has 2 aromatic carbocycles. The Kier molecular flexibility index (Phi) is 7.13. The number of ether oxygens (including phenoxy) is 3. The lowest BCUT2D eigenvalue weighted by Gasteiger charge is -2.14. The first kappa shape index (κ1) is 20.2. The molecule has 27 heavy (non-hydrogen) atoms. The van der Waals surface area contributed by atoms with Crippen molar-refractivity contribution in [3.63, 3.8) is 0 Å². The van der Waals surface area contributed by atoms with Gasteiger partial charge >= 0.3 is 11.9 Å². The lowest BCUT2D eigenvalue weighted by molar-refractivity contribution is 0.0587. The van der Waals surface area contributed by atoms with Crippen molar-refractivity contribution in [3.8, 4) is 5.75 Å². The van der Waals surface area contributed by atoms with Crippen LogP contribution in [0.2, 0.25) is 0 Å². The van der Waals surface area contributed by atoms with Gasteiger partial charge in [-0.2, -0.15) is 0 Å². The smallest absolute Gasteiger partial charge is 0.339 e. The summed E-state index contributed by atoms with van der Waals surface area (Å²) in [5.74, 6) is -0.335. The zero-order valence-electron chi connectivity index (χ0n) is 15.2. The molecule has 0 saturated heterocycles. The standard InChI is InChI=1S/C19H20N2O5S/c1-4-26-14-8-6-13(7-9-14)20-19(27)21-16-11-12(17(22)24-2)5-10-15(16)18(23)25-3/h5-11H,4H2,1-3H3,(H2,20,21,27). The molecule has 0 bridgehead atoms. The van der Waals surface area contributed by atoms with Gasteiger partial charge in [-0.1, -0.05) is 0 Å². The molecule has 0 radical (unpaired) electrons. The van der Waals surface area contributed by atoms with E-state index < -0.39 is 11.9 Å². The second-order valence-corrected chi connectivity index (χ2v) is 5.69. The minimum absolute atomic E-state index is 0.237. The zero-order chi connectivity index (χ0) is 19.8. The zero-order valence-corrected chi connectivity index (χ0v) is 16.0. The highest BCUT2D eigenvalue weighted by Crippen LogP contribution is 2.21. The molecule has 8 heteroatoms. The van der Waals surface area contributed by atoms with Gasteiger partial charge in [-0.15, -0.1) is 0 Å². The van der Waals surface area contributed by atoms with Crippen LogP contribution in [0.25, 0.3) is 0 Å². The van der Waals surface area contributed by atoms with Gasteiger partial charge in [0.15, 0.2) is 5.11 Å². The van der Waals surface area contributed by atoms with E-state index in [0.717, 1.165) is 11.4 Å². The van der Waals surface area contributed by atoms with Gasteiger partial charge in [-0.3, -0.25) is 0 Å². The van der Waals surface area contributed by atoms with Crippen molar-refractivity contribution in [1.82, 2.24) is 0 Å². The van der Waals surface area contributed by atoms with Crippen LogP contribution < -0.4 is 15.4 Å². The predicted molar refractivity (Wildman–Crippen MR) is 107 cm³/mol. The quantitative estimate of drug-likeness (QED) is 0.575. The number of carbonyl (C=O) groups is 2. The molecule has 0 aliphatic heterocycles. The van der Waals surface area contributed by atoms with Crippen molar-refractivity contribution < 1.29 is 23.8 Å². The number of hydrogen-bond donors (Lipinski definition) is 2. The second kappa shape index (κ2) is 9.54. The highest BCUT2D eigenvalue weighted by molar-refractivity contribution is 7.80. The Labute approximate surface area is 162 Å². The molecule has 0 aliphatic carbocycles. The largest absolute Gasteiger partial charge is 0.494 e. The molecule has 0 spiro atoms. The van der Waals surface area contributed by atoms with Gasteiger partial charge in [-0.25, -0.2) is 9.59 Å². The van der Waals surface area contributed by atoms with E-state index in [1.165, 1.54) is 32.4 Å². The van der Waals surface area contributed by atoms with Crippen LogP contribution in [0.15, 0.2) is 42.5 Å². The number of nitrogens with one attached hydrogen (secondary N) is 2. The molecule has 2 N–H and O–H groups in total. The van der Waals surface area contributed by atoms with Crippen molar-refractivity contribution in [2.24, 2.45) is 0 Å². The van der Waals surface area contributed by atoms with Crippen LogP contribution in [0.1, 0.15) is 27.6 Å². The maximum Gasteiger partial charge on any atom is 0.339 e. The van der Waals surface area contributed by atoms with E-state index in [4.69, 9.17) is 26.4 Å². The van der Waals surface area contributed by atoms with E-state index in [1.807, 2.05) is 31.2 Å². The third-order valence-corrected chi connectivity index (χ3v) is 3.72. The van der Waals surface area contributed by atoms with E-state index in [9.17, 15) is 9.59 Å². The number of hydrogen-bond acceptors (Lipinski definition) is 6. The maximum atomic E-state index is 12.0. The number of thiocarbonyl (C=S) groups is 1. The normalized spacial score (nSPS) is 9.89. The number of rotatable bonds is 6. The Hall–Kier alpha value is -3.13. The Morgan fingerprint density at radius 1 is 0.963 bits per heavy atom. The van der Waals surface area contributed by atoms with Gasteiger partial charge in [0.05, 0.1) is 37.6 Å². The predicted octanol–water partition coefficient (Wildman–Crippen LogP) is 3.47. The summed E-state index contributed by atoms with van der Waals surface area (Å²) in [6, 6.07) is 11.7. The van der Waals surface area contributed by atoms with E-state index in [2.05, 4.69) is 10.6 Å². The van der Waals surface area contributed by atoms with Crippen LogP contribution in [0, 0.1) is 0 Å². The molecule has 0 unspecified atom stereocenters. The van der Waals surface area contributed by atoms with E-state index in [-0.39, 0.29) is 16.2 Å². The van der Waals surface area contributed by atoms with Gasteiger partial charge in [0, 0.05) is 5.69 Å². The summed E-state index contributed by atoms with van der Waals surface area (Å²) < 4.78 is 14.9. The highest BCUT2D eigenvalue weighted by Gasteiger charge is 2.16. The van der Waals surface area contributed by atoms with E-state index in [1.54, 1.807) is 0 Å².